The van der Waals surface area contributed by atoms with Crippen LogP contribution in [-0.4, -0.2) is 37.0 Å². The number of carbonyl (C=O) groups excluding carboxylic acids is 1. The molecule has 3 rings (SSSR count). The third-order valence-electron chi connectivity index (χ3n) is 4.15. The number of hydrogen-bond donors (Lipinski definition) is 1. The third kappa shape index (κ3) is 4.71. The minimum atomic E-state index is 0. The van der Waals surface area contributed by atoms with Crippen LogP contribution >= 0.6 is 11.6 Å². The molecular weight excluding hydrogens is 331 g/mol. The summed E-state index contributed by atoms with van der Waals surface area (Å²) < 4.78 is 0. The Kier molecular flexibility index (Phi) is 6.46. The molecule has 2 aromatic carbocycles. The second-order valence-electron chi connectivity index (χ2n) is 5.71. The molecule has 0 bridgehead atoms. The number of benzene rings is 2. The number of piperazine rings is 1. The molecule has 2 aromatic rings. The molecular formula is C18H20Cl2N2O. The number of hydrogen-bond acceptors (Lipinski definition) is 1. The van der Waals surface area contributed by atoms with Gasteiger partial charge in [0.25, 0.3) is 5.91 Å². The minimum absolute atomic E-state index is 0. The van der Waals surface area contributed by atoms with Crippen LogP contribution < -0.4 is 17.3 Å². The van der Waals surface area contributed by atoms with Gasteiger partial charge in [-0.1, -0.05) is 41.9 Å². The molecule has 0 unspecified atom stereocenters. The molecule has 0 atom stereocenters. The van der Waals surface area contributed by atoms with Crippen LogP contribution in [0, 0.1) is 0 Å². The number of nitrogens with zero attached hydrogens (tertiary/aromatic N) is 1. The maximum atomic E-state index is 12.4. The Morgan fingerprint density at radius 1 is 1.00 bits per heavy atom. The summed E-state index contributed by atoms with van der Waals surface area (Å²) >= 11 is 5.87. The van der Waals surface area contributed by atoms with Crippen LogP contribution in [0.5, 0.6) is 0 Å². The van der Waals surface area contributed by atoms with Gasteiger partial charge in [0, 0.05) is 16.1 Å². The van der Waals surface area contributed by atoms with E-state index in [2.05, 4.69) is 24.3 Å². The summed E-state index contributed by atoms with van der Waals surface area (Å²) in [6.07, 6.45) is 0. The van der Waals surface area contributed by atoms with Crippen LogP contribution in [0.1, 0.15) is 15.9 Å². The Labute approximate surface area is 148 Å². The highest BCUT2D eigenvalue weighted by Gasteiger charge is 2.24. The van der Waals surface area contributed by atoms with Crippen molar-refractivity contribution in [1.29, 1.82) is 0 Å². The fraction of sp³-hybridized carbons (Fsp3) is 0.278. The molecule has 1 amide bonds. The van der Waals surface area contributed by atoms with Crippen molar-refractivity contribution in [1.82, 2.24) is 4.90 Å². The molecule has 3 nitrogen and oxygen atoms in total. The molecule has 0 radical (unpaired) electrons. The molecule has 122 valence electrons. The fourth-order valence-electron chi connectivity index (χ4n) is 2.86. The quantitative estimate of drug-likeness (QED) is 0.745. The van der Waals surface area contributed by atoms with Gasteiger partial charge in [-0.15, -0.1) is 0 Å². The highest BCUT2D eigenvalue weighted by atomic mass is 35.5. The van der Waals surface area contributed by atoms with Gasteiger partial charge in [0.1, 0.15) is 6.54 Å². The van der Waals surface area contributed by atoms with E-state index in [0.717, 1.165) is 38.3 Å². The Hall–Kier alpha value is -1.55. The van der Waals surface area contributed by atoms with Crippen molar-refractivity contribution in [2.45, 2.75) is 6.54 Å². The van der Waals surface area contributed by atoms with E-state index < -0.39 is 0 Å². The molecule has 5 heteroatoms. The van der Waals surface area contributed by atoms with Crippen LogP contribution in [0.3, 0.4) is 0 Å². The Bertz CT molecular complexity index is 623. The van der Waals surface area contributed by atoms with E-state index in [4.69, 9.17) is 11.6 Å². The van der Waals surface area contributed by atoms with Gasteiger partial charge in [-0.05, 0) is 24.3 Å². The second-order valence-corrected chi connectivity index (χ2v) is 6.15. The zero-order valence-corrected chi connectivity index (χ0v) is 14.4. The summed E-state index contributed by atoms with van der Waals surface area (Å²) in [4.78, 5) is 15.9. The molecule has 0 saturated carbocycles. The van der Waals surface area contributed by atoms with Gasteiger partial charge in [-0.2, -0.15) is 0 Å². The Morgan fingerprint density at radius 3 is 2.22 bits per heavy atom. The standard InChI is InChI=1S/C18H19ClN2O.ClH/c19-17-8-6-16(7-9-17)18(22)21-12-10-20(11-13-21)14-15-4-2-1-3-5-15;/h1-9H,10-14H2;1H. The normalized spacial score (nSPS) is 15.1. The van der Waals surface area contributed by atoms with E-state index >= 15 is 0 Å². The summed E-state index contributed by atoms with van der Waals surface area (Å²) in [5.41, 5.74) is 2.07. The van der Waals surface area contributed by atoms with Crippen molar-refractivity contribution in [3.05, 3.63) is 70.7 Å². The van der Waals surface area contributed by atoms with Crippen LogP contribution in [0.25, 0.3) is 0 Å². The van der Waals surface area contributed by atoms with E-state index in [1.165, 1.54) is 10.5 Å². The lowest BCUT2D eigenvalue weighted by molar-refractivity contribution is -0.917. The van der Waals surface area contributed by atoms with Crippen molar-refractivity contribution in [2.75, 3.05) is 26.2 Å². The van der Waals surface area contributed by atoms with Crippen LogP contribution in [-0.2, 0) is 6.54 Å². The lowest BCUT2D eigenvalue weighted by Crippen LogP contribution is -3.13. The molecule has 1 aliphatic heterocycles. The van der Waals surface area contributed by atoms with Gasteiger partial charge in [0.2, 0.25) is 0 Å². The second kappa shape index (κ2) is 8.34. The summed E-state index contributed by atoms with van der Waals surface area (Å²) in [7, 11) is 0. The monoisotopic (exact) mass is 350 g/mol. The van der Waals surface area contributed by atoms with E-state index in [1.807, 2.05) is 11.0 Å². The van der Waals surface area contributed by atoms with Gasteiger partial charge >= 0.3 is 0 Å². The lowest BCUT2D eigenvalue weighted by Gasteiger charge is -2.32. The van der Waals surface area contributed by atoms with Crippen molar-refractivity contribution in [3.63, 3.8) is 0 Å². The van der Waals surface area contributed by atoms with E-state index in [9.17, 15) is 4.79 Å². The molecule has 1 aliphatic rings. The first-order chi connectivity index (χ1) is 10.7. The number of nitrogens with one attached hydrogen (secondary N) is 1. The number of halogens is 2. The molecule has 1 fully saturated rings. The largest absolute Gasteiger partial charge is 1.00 e. The molecule has 1 N–H and O–H groups in total. The first-order valence-corrected chi connectivity index (χ1v) is 8.02. The maximum Gasteiger partial charge on any atom is 0.254 e. The number of quaternary nitrogens is 1. The van der Waals surface area contributed by atoms with Crippen molar-refractivity contribution in [3.8, 4) is 0 Å². The van der Waals surface area contributed by atoms with Gasteiger partial charge in [-0.25, -0.2) is 0 Å². The van der Waals surface area contributed by atoms with Crippen molar-refractivity contribution >= 4 is 17.5 Å². The van der Waals surface area contributed by atoms with Gasteiger partial charge in [0.05, 0.1) is 26.2 Å². The average Bonchev–Trinajstić information content (AvgIpc) is 2.57. The Morgan fingerprint density at radius 2 is 1.61 bits per heavy atom. The summed E-state index contributed by atoms with van der Waals surface area (Å²) in [5, 5.41) is 0.661. The smallest absolute Gasteiger partial charge is 0.254 e. The van der Waals surface area contributed by atoms with Crippen LogP contribution in [0.15, 0.2) is 54.6 Å². The van der Waals surface area contributed by atoms with Gasteiger partial charge in [0.15, 0.2) is 0 Å². The lowest BCUT2D eigenvalue weighted by atomic mass is 10.1. The summed E-state index contributed by atoms with van der Waals surface area (Å²) in [6.45, 7) is 4.64. The zero-order chi connectivity index (χ0) is 15.4. The van der Waals surface area contributed by atoms with E-state index in [-0.39, 0.29) is 18.3 Å². The summed E-state index contributed by atoms with van der Waals surface area (Å²) in [5.74, 6) is 0.107. The summed E-state index contributed by atoms with van der Waals surface area (Å²) in [6, 6.07) is 17.7. The third-order valence-corrected chi connectivity index (χ3v) is 4.40. The highest BCUT2D eigenvalue weighted by molar-refractivity contribution is 6.30. The average molecular weight is 351 g/mol. The van der Waals surface area contributed by atoms with Gasteiger partial charge in [-0.3, -0.25) is 4.79 Å². The van der Waals surface area contributed by atoms with E-state index in [1.54, 1.807) is 24.3 Å². The SMILES string of the molecule is O=C(c1ccc(Cl)cc1)N1CC[NH+](Cc2ccccc2)CC1.[Cl-]. The highest BCUT2D eigenvalue weighted by Crippen LogP contribution is 2.11. The fourth-order valence-corrected chi connectivity index (χ4v) is 2.99. The predicted molar refractivity (Wildman–Crippen MR) is 88.2 cm³/mol. The molecule has 0 aromatic heterocycles. The first-order valence-electron chi connectivity index (χ1n) is 7.65. The van der Waals surface area contributed by atoms with Crippen molar-refractivity contribution < 1.29 is 22.1 Å². The molecule has 0 spiro atoms. The minimum Gasteiger partial charge on any atom is -1.00 e. The molecule has 1 saturated heterocycles. The molecule has 1 heterocycles. The Balaban J connectivity index is 0.00000192. The zero-order valence-electron chi connectivity index (χ0n) is 12.8. The number of rotatable bonds is 3. The predicted octanol–water partition coefficient (Wildman–Crippen LogP) is -1.12. The van der Waals surface area contributed by atoms with E-state index in [0.29, 0.717) is 5.02 Å². The number of carbonyl (C=O) groups is 1. The first kappa shape index (κ1) is 17.8. The molecule has 0 aliphatic carbocycles. The molecule has 23 heavy (non-hydrogen) atoms. The van der Waals surface area contributed by atoms with Gasteiger partial charge < -0.3 is 22.2 Å². The van der Waals surface area contributed by atoms with Crippen molar-refractivity contribution in [2.24, 2.45) is 0 Å². The topological polar surface area (TPSA) is 24.8 Å². The van der Waals surface area contributed by atoms with Crippen LogP contribution in [0.2, 0.25) is 5.02 Å². The maximum absolute atomic E-state index is 12.4. The van der Waals surface area contributed by atoms with Crippen LogP contribution in [0.4, 0.5) is 0 Å². The number of amides is 1.